The minimum Gasteiger partial charge on any atom is -0.308 e. The number of nitrogens with zero attached hydrogens (tertiary/aromatic N) is 5. The molecule has 0 bridgehead atoms. The van der Waals surface area contributed by atoms with Crippen molar-refractivity contribution >= 4 is 27.0 Å². The number of Topliss-reactive ketones (excluding diaryl/α,β-unsaturated/α-hetero) is 1. The van der Waals surface area contributed by atoms with Gasteiger partial charge < -0.3 is 4.98 Å². The fourth-order valence-electron chi connectivity index (χ4n) is 4.46. The first-order valence-corrected chi connectivity index (χ1v) is 13.2. The van der Waals surface area contributed by atoms with E-state index >= 15 is 0 Å². The molecule has 1 atom stereocenters. The molecular weight excluding hydrogens is 480 g/mol. The second-order valence-corrected chi connectivity index (χ2v) is 11.1. The van der Waals surface area contributed by atoms with Gasteiger partial charge in [0.05, 0.1) is 11.4 Å². The first-order chi connectivity index (χ1) is 17.2. The van der Waals surface area contributed by atoms with Gasteiger partial charge in [-0.15, -0.1) is 5.10 Å². The van der Waals surface area contributed by atoms with E-state index in [-0.39, 0.29) is 28.7 Å². The standard InChI is InChI=1S/C25H26N6O4S/c1-16-8-10-18(11-9-16)14-31-24-22(28-29-31)25(33)27-23(26-24)20-6-4-12-30(15-20)36(34,35)21-7-3-5-19(13-21)17(2)32/h3,5,7-11,13,20H,4,6,12,14-15H2,1-2H3,(H,26,27,33)/t20-/m1/s1. The maximum Gasteiger partial charge on any atom is 0.281 e. The highest BCUT2D eigenvalue weighted by atomic mass is 32.2. The Morgan fingerprint density at radius 3 is 2.69 bits per heavy atom. The largest absolute Gasteiger partial charge is 0.308 e. The number of nitrogens with one attached hydrogen (secondary N) is 1. The van der Waals surface area contributed by atoms with Crippen molar-refractivity contribution in [3.05, 3.63) is 81.4 Å². The summed E-state index contributed by atoms with van der Waals surface area (Å²) in [6.45, 7) is 4.34. The number of carbonyl (C=O) groups is 1. The molecule has 0 saturated carbocycles. The summed E-state index contributed by atoms with van der Waals surface area (Å²) in [7, 11) is -3.82. The smallest absolute Gasteiger partial charge is 0.281 e. The van der Waals surface area contributed by atoms with Crippen molar-refractivity contribution in [1.29, 1.82) is 0 Å². The lowest BCUT2D eigenvalue weighted by molar-refractivity contribution is 0.101. The monoisotopic (exact) mass is 506 g/mol. The van der Waals surface area contributed by atoms with E-state index in [1.54, 1.807) is 16.8 Å². The van der Waals surface area contributed by atoms with Gasteiger partial charge >= 0.3 is 0 Å². The number of ketones is 1. The zero-order valence-corrected chi connectivity index (χ0v) is 20.8. The zero-order valence-electron chi connectivity index (χ0n) is 20.0. The highest BCUT2D eigenvalue weighted by Crippen LogP contribution is 2.29. The Kier molecular flexibility index (Phi) is 6.27. The molecule has 36 heavy (non-hydrogen) atoms. The van der Waals surface area contributed by atoms with E-state index in [2.05, 4.69) is 20.3 Å². The molecule has 10 nitrogen and oxygen atoms in total. The highest BCUT2D eigenvalue weighted by Gasteiger charge is 2.32. The predicted molar refractivity (Wildman–Crippen MR) is 133 cm³/mol. The quantitative estimate of drug-likeness (QED) is 0.398. The molecule has 5 rings (SSSR count). The lowest BCUT2D eigenvalue weighted by Crippen LogP contribution is -2.40. The molecular formula is C25H26N6O4S. The minimum atomic E-state index is -3.82. The Morgan fingerprint density at radius 1 is 1.17 bits per heavy atom. The predicted octanol–water partition coefficient (Wildman–Crippen LogP) is 2.64. The summed E-state index contributed by atoms with van der Waals surface area (Å²) in [5, 5.41) is 8.13. The van der Waals surface area contributed by atoms with E-state index in [0.717, 1.165) is 11.1 Å². The lowest BCUT2D eigenvalue weighted by atomic mass is 9.99. The number of benzene rings is 2. The van der Waals surface area contributed by atoms with Gasteiger partial charge in [-0.05, 0) is 44.4 Å². The molecule has 1 N–H and O–H groups in total. The maximum atomic E-state index is 13.4. The van der Waals surface area contributed by atoms with Crippen LogP contribution in [0.1, 0.15) is 53.0 Å². The van der Waals surface area contributed by atoms with Gasteiger partial charge in [-0.25, -0.2) is 18.1 Å². The maximum absolute atomic E-state index is 13.4. The van der Waals surface area contributed by atoms with Crippen molar-refractivity contribution in [3.8, 4) is 0 Å². The number of fused-ring (bicyclic) bond motifs is 1. The normalized spacial score (nSPS) is 16.9. The summed E-state index contributed by atoms with van der Waals surface area (Å²) in [6, 6.07) is 14.0. The molecule has 1 fully saturated rings. The summed E-state index contributed by atoms with van der Waals surface area (Å²) in [5.41, 5.74) is 2.59. The van der Waals surface area contributed by atoms with E-state index in [4.69, 9.17) is 0 Å². The molecule has 2 aromatic heterocycles. The van der Waals surface area contributed by atoms with Crippen LogP contribution in [0.4, 0.5) is 0 Å². The molecule has 4 aromatic rings. The molecule has 11 heteroatoms. The number of carbonyl (C=O) groups excluding carboxylic acids is 1. The van der Waals surface area contributed by atoms with E-state index in [1.807, 2.05) is 31.2 Å². The third kappa shape index (κ3) is 4.59. The topological polar surface area (TPSA) is 131 Å². The first kappa shape index (κ1) is 24.0. The van der Waals surface area contributed by atoms with Gasteiger partial charge in [-0.3, -0.25) is 9.59 Å². The van der Waals surface area contributed by atoms with Crippen LogP contribution in [0.5, 0.6) is 0 Å². The Hall–Kier alpha value is -3.70. The minimum absolute atomic E-state index is 0.0770. The molecule has 1 saturated heterocycles. The second kappa shape index (κ2) is 9.40. The van der Waals surface area contributed by atoms with Gasteiger partial charge in [-0.1, -0.05) is 47.2 Å². The Balaban J connectivity index is 1.44. The average molecular weight is 507 g/mol. The third-order valence-corrected chi connectivity index (χ3v) is 8.36. The van der Waals surface area contributed by atoms with Crippen LogP contribution in [0.25, 0.3) is 11.2 Å². The zero-order chi connectivity index (χ0) is 25.4. The number of hydrogen-bond acceptors (Lipinski definition) is 7. The second-order valence-electron chi connectivity index (χ2n) is 9.14. The lowest BCUT2D eigenvalue weighted by Gasteiger charge is -2.31. The van der Waals surface area contributed by atoms with Crippen LogP contribution in [0, 0.1) is 6.92 Å². The van der Waals surface area contributed by atoms with Crippen LogP contribution in [-0.2, 0) is 16.6 Å². The molecule has 2 aromatic carbocycles. The van der Waals surface area contributed by atoms with Gasteiger partial charge in [0.15, 0.2) is 16.9 Å². The molecule has 0 amide bonds. The number of hydrogen-bond donors (Lipinski definition) is 1. The number of aromatic nitrogens is 5. The van der Waals surface area contributed by atoms with Gasteiger partial charge in [-0.2, -0.15) is 4.31 Å². The van der Waals surface area contributed by atoms with Gasteiger partial charge in [0.2, 0.25) is 10.0 Å². The number of rotatable bonds is 6. The highest BCUT2D eigenvalue weighted by molar-refractivity contribution is 7.89. The van der Waals surface area contributed by atoms with E-state index in [1.165, 1.54) is 23.4 Å². The Morgan fingerprint density at radius 2 is 1.94 bits per heavy atom. The average Bonchev–Trinajstić information content (AvgIpc) is 3.28. The Bertz CT molecular complexity index is 1610. The number of H-pyrrole nitrogens is 1. The summed E-state index contributed by atoms with van der Waals surface area (Å²) in [4.78, 5) is 32.1. The number of aromatic amines is 1. The molecule has 0 aliphatic carbocycles. The van der Waals surface area contributed by atoms with Crippen molar-refractivity contribution in [2.75, 3.05) is 13.1 Å². The molecule has 0 spiro atoms. The van der Waals surface area contributed by atoms with Crippen molar-refractivity contribution in [2.45, 2.75) is 44.0 Å². The van der Waals surface area contributed by atoms with Crippen LogP contribution in [-0.4, -0.2) is 56.6 Å². The van der Waals surface area contributed by atoms with Gasteiger partial charge in [0, 0.05) is 24.6 Å². The van der Waals surface area contributed by atoms with Crippen molar-refractivity contribution in [3.63, 3.8) is 0 Å². The summed E-state index contributed by atoms with van der Waals surface area (Å²) < 4.78 is 29.7. The fourth-order valence-corrected chi connectivity index (χ4v) is 6.03. The van der Waals surface area contributed by atoms with Crippen LogP contribution in [0.15, 0.2) is 58.2 Å². The van der Waals surface area contributed by atoms with Crippen LogP contribution >= 0.6 is 0 Å². The van der Waals surface area contributed by atoms with Crippen molar-refractivity contribution < 1.29 is 13.2 Å². The van der Waals surface area contributed by atoms with Crippen LogP contribution in [0.2, 0.25) is 0 Å². The molecule has 0 unspecified atom stereocenters. The number of piperidine rings is 1. The fraction of sp³-hybridized carbons (Fsp3) is 0.320. The molecule has 3 heterocycles. The van der Waals surface area contributed by atoms with Crippen molar-refractivity contribution in [2.24, 2.45) is 0 Å². The van der Waals surface area contributed by atoms with Crippen molar-refractivity contribution in [1.82, 2.24) is 29.3 Å². The van der Waals surface area contributed by atoms with E-state index in [0.29, 0.717) is 43.0 Å². The summed E-state index contributed by atoms with van der Waals surface area (Å²) in [6.07, 6.45) is 1.28. The SMILES string of the molecule is CC(=O)c1cccc(S(=O)(=O)N2CCC[C@@H](c3nc4c(nnn4Cc4ccc(C)cc4)c(=O)[nH]3)C2)c1. The van der Waals surface area contributed by atoms with Gasteiger partial charge in [0.1, 0.15) is 5.82 Å². The molecule has 0 radical (unpaired) electrons. The van der Waals surface area contributed by atoms with E-state index < -0.39 is 15.6 Å². The van der Waals surface area contributed by atoms with E-state index in [9.17, 15) is 18.0 Å². The molecule has 186 valence electrons. The first-order valence-electron chi connectivity index (χ1n) is 11.7. The summed E-state index contributed by atoms with van der Waals surface area (Å²) in [5.74, 6) is -0.0869. The van der Waals surface area contributed by atoms with Crippen LogP contribution < -0.4 is 5.56 Å². The molecule has 1 aliphatic heterocycles. The number of aryl methyl sites for hydroxylation is 1. The Labute approximate surface area is 208 Å². The summed E-state index contributed by atoms with van der Waals surface area (Å²) >= 11 is 0. The third-order valence-electron chi connectivity index (χ3n) is 6.49. The number of sulfonamides is 1. The van der Waals surface area contributed by atoms with Crippen LogP contribution in [0.3, 0.4) is 0 Å². The molecule has 1 aliphatic rings. The van der Waals surface area contributed by atoms with Gasteiger partial charge in [0.25, 0.3) is 5.56 Å².